The number of hydrogen-bond donors (Lipinski definition) is 1. The number of anilines is 1. The Morgan fingerprint density at radius 2 is 1.63 bits per heavy atom. The van der Waals surface area contributed by atoms with Crippen molar-refractivity contribution in [3.05, 3.63) is 58.8 Å². The number of ether oxygens (including phenoxy) is 3. The van der Waals surface area contributed by atoms with Crippen LogP contribution in [0.25, 0.3) is 5.69 Å². The van der Waals surface area contributed by atoms with Gasteiger partial charge < -0.3 is 19.5 Å². The molecule has 0 saturated heterocycles. The number of fused-ring (bicyclic) bond motifs is 1. The van der Waals surface area contributed by atoms with E-state index in [1.807, 2.05) is 52.0 Å². The van der Waals surface area contributed by atoms with Gasteiger partial charge in [0, 0.05) is 11.1 Å². The van der Waals surface area contributed by atoms with Crippen LogP contribution in [0, 0.1) is 6.92 Å². The highest BCUT2D eigenvalue weighted by molar-refractivity contribution is 7.90. The maximum atomic E-state index is 13.5. The predicted molar refractivity (Wildman–Crippen MR) is 133 cm³/mol. The van der Waals surface area contributed by atoms with Crippen molar-refractivity contribution in [2.45, 2.75) is 39.2 Å². The third kappa shape index (κ3) is 4.97. The van der Waals surface area contributed by atoms with E-state index in [1.54, 1.807) is 16.8 Å². The zero-order valence-electron chi connectivity index (χ0n) is 20.3. The van der Waals surface area contributed by atoms with E-state index in [0.717, 1.165) is 11.3 Å². The van der Waals surface area contributed by atoms with Crippen LogP contribution in [0.1, 0.15) is 48.0 Å². The van der Waals surface area contributed by atoms with Crippen LogP contribution in [0.5, 0.6) is 17.2 Å². The Bertz CT molecular complexity index is 1340. The lowest BCUT2D eigenvalue weighted by molar-refractivity contribution is 0.102. The molecular formula is C25H29N3O6S. The first-order valence-electron chi connectivity index (χ1n) is 11.5. The number of para-hydroxylation sites is 1. The fourth-order valence-electron chi connectivity index (χ4n) is 4.05. The molecule has 1 N–H and O–H groups in total. The minimum atomic E-state index is -3.32. The van der Waals surface area contributed by atoms with Gasteiger partial charge >= 0.3 is 0 Å². The monoisotopic (exact) mass is 499 g/mol. The summed E-state index contributed by atoms with van der Waals surface area (Å²) in [7, 11) is -3.32. The highest BCUT2D eigenvalue weighted by atomic mass is 32.2. The number of nitrogens with zero attached hydrogens (tertiary/aromatic N) is 2. The molecule has 186 valence electrons. The lowest BCUT2D eigenvalue weighted by Crippen LogP contribution is -2.18. The molecule has 0 bridgehead atoms. The molecule has 2 aromatic carbocycles. The van der Waals surface area contributed by atoms with Gasteiger partial charge in [0.25, 0.3) is 5.91 Å². The van der Waals surface area contributed by atoms with E-state index in [9.17, 15) is 13.2 Å². The molecule has 9 nitrogen and oxygen atoms in total. The smallest absolute Gasteiger partial charge is 0.257 e. The summed E-state index contributed by atoms with van der Waals surface area (Å²) in [6, 6.07) is 10.8. The fourth-order valence-corrected chi connectivity index (χ4v) is 5.54. The van der Waals surface area contributed by atoms with Crippen LogP contribution in [0.3, 0.4) is 0 Å². The minimum Gasteiger partial charge on any atom is -0.490 e. The quantitative estimate of drug-likeness (QED) is 0.473. The van der Waals surface area contributed by atoms with Crippen LogP contribution in [-0.2, 0) is 21.3 Å². The number of amides is 1. The minimum absolute atomic E-state index is 0.157. The van der Waals surface area contributed by atoms with Crippen molar-refractivity contribution in [2.75, 3.05) is 25.1 Å². The molecule has 10 heteroatoms. The SMILES string of the molecule is CCOc1cc(C(=O)Nc2c3c(nn2-c2ccccc2C)CS(=O)(=O)C3)cc(OCC)c1OCC. The van der Waals surface area contributed by atoms with Crippen molar-refractivity contribution < 1.29 is 27.4 Å². The Hall–Kier alpha value is -3.53. The first-order valence-corrected chi connectivity index (χ1v) is 13.3. The molecule has 35 heavy (non-hydrogen) atoms. The number of benzene rings is 2. The van der Waals surface area contributed by atoms with Gasteiger partial charge in [-0.1, -0.05) is 18.2 Å². The number of sulfone groups is 1. The highest BCUT2D eigenvalue weighted by Gasteiger charge is 2.33. The van der Waals surface area contributed by atoms with Gasteiger partial charge in [0.05, 0.1) is 42.7 Å². The third-order valence-corrected chi connectivity index (χ3v) is 6.98. The van der Waals surface area contributed by atoms with Gasteiger partial charge in [-0.2, -0.15) is 5.10 Å². The second-order valence-corrected chi connectivity index (χ2v) is 10.1. The lowest BCUT2D eigenvalue weighted by Gasteiger charge is -2.17. The van der Waals surface area contributed by atoms with E-state index in [0.29, 0.717) is 54.1 Å². The van der Waals surface area contributed by atoms with Crippen molar-refractivity contribution >= 4 is 21.6 Å². The molecule has 0 aliphatic carbocycles. The molecule has 1 aliphatic rings. The second kappa shape index (κ2) is 9.99. The fraction of sp³-hybridized carbons (Fsp3) is 0.360. The average molecular weight is 500 g/mol. The number of carbonyl (C=O) groups is 1. The summed E-state index contributed by atoms with van der Waals surface area (Å²) in [5, 5.41) is 7.46. The maximum Gasteiger partial charge on any atom is 0.257 e. The summed E-state index contributed by atoms with van der Waals surface area (Å²) in [5.74, 6) is 0.778. The normalized spacial score (nSPS) is 13.8. The van der Waals surface area contributed by atoms with Crippen molar-refractivity contribution in [2.24, 2.45) is 0 Å². The Kier molecular flexibility index (Phi) is 7.02. The zero-order chi connectivity index (χ0) is 25.2. The number of carbonyl (C=O) groups excluding carboxylic acids is 1. The second-order valence-electron chi connectivity index (χ2n) is 8.06. The summed E-state index contributed by atoms with van der Waals surface area (Å²) in [4.78, 5) is 13.5. The summed E-state index contributed by atoms with van der Waals surface area (Å²) in [6.45, 7) is 8.62. The predicted octanol–water partition coefficient (Wildman–Crippen LogP) is 4.06. The standard InChI is InChI=1S/C25H29N3O6S/c1-5-32-21-12-17(13-22(33-6-2)23(21)34-7-3)25(29)26-24-18-14-35(30,31)15-19(18)27-28(24)20-11-9-8-10-16(20)4/h8-13H,5-7,14-15H2,1-4H3,(H,26,29). The summed E-state index contributed by atoms with van der Waals surface area (Å²) in [5.41, 5.74) is 2.92. The Labute approximate surface area is 204 Å². The van der Waals surface area contributed by atoms with Gasteiger partial charge in [-0.3, -0.25) is 4.79 Å². The molecule has 2 heterocycles. The number of hydrogen-bond acceptors (Lipinski definition) is 7. The van der Waals surface area contributed by atoms with Crippen LogP contribution >= 0.6 is 0 Å². The van der Waals surface area contributed by atoms with Crippen LogP contribution < -0.4 is 19.5 Å². The van der Waals surface area contributed by atoms with Crippen molar-refractivity contribution in [3.8, 4) is 22.9 Å². The number of rotatable bonds is 9. The summed E-state index contributed by atoms with van der Waals surface area (Å²) in [6.07, 6.45) is 0. The van der Waals surface area contributed by atoms with E-state index in [2.05, 4.69) is 10.4 Å². The Morgan fingerprint density at radius 1 is 1.00 bits per heavy atom. The van der Waals surface area contributed by atoms with Crippen LogP contribution in [-0.4, -0.2) is 43.9 Å². The molecule has 0 radical (unpaired) electrons. The number of aromatic nitrogens is 2. The van der Waals surface area contributed by atoms with E-state index in [1.165, 1.54) is 0 Å². The van der Waals surface area contributed by atoms with Crippen molar-refractivity contribution in [1.29, 1.82) is 0 Å². The van der Waals surface area contributed by atoms with Gasteiger partial charge in [0.2, 0.25) is 5.75 Å². The number of aryl methyl sites for hydroxylation is 1. The van der Waals surface area contributed by atoms with Gasteiger partial charge in [0.15, 0.2) is 21.3 Å². The molecule has 0 saturated carbocycles. The zero-order valence-corrected chi connectivity index (χ0v) is 21.1. The average Bonchev–Trinajstić information content (AvgIpc) is 3.28. The van der Waals surface area contributed by atoms with E-state index in [-0.39, 0.29) is 17.1 Å². The molecule has 0 unspecified atom stereocenters. The molecule has 0 fully saturated rings. The molecule has 0 spiro atoms. The molecule has 3 aromatic rings. The summed E-state index contributed by atoms with van der Waals surface area (Å²) >= 11 is 0. The lowest BCUT2D eigenvalue weighted by atomic mass is 10.1. The van der Waals surface area contributed by atoms with E-state index < -0.39 is 15.7 Å². The largest absolute Gasteiger partial charge is 0.490 e. The highest BCUT2D eigenvalue weighted by Crippen LogP contribution is 2.40. The molecule has 4 rings (SSSR count). The van der Waals surface area contributed by atoms with Crippen molar-refractivity contribution in [3.63, 3.8) is 0 Å². The first kappa shape index (κ1) is 24.6. The van der Waals surface area contributed by atoms with Crippen LogP contribution in [0.2, 0.25) is 0 Å². The maximum absolute atomic E-state index is 13.5. The van der Waals surface area contributed by atoms with Crippen molar-refractivity contribution in [1.82, 2.24) is 9.78 Å². The van der Waals surface area contributed by atoms with Crippen LogP contribution in [0.15, 0.2) is 36.4 Å². The number of nitrogens with one attached hydrogen (secondary N) is 1. The first-order chi connectivity index (χ1) is 16.8. The molecule has 1 aliphatic heterocycles. The van der Waals surface area contributed by atoms with E-state index >= 15 is 0 Å². The topological polar surface area (TPSA) is 109 Å². The molecule has 0 atom stereocenters. The molecule has 1 amide bonds. The summed E-state index contributed by atoms with van der Waals surface area (Å²) < 4.78 is 43.4. The van der Waals surface area contributed by atoms with Gasteiger partial charge in [-0.15, -0.1) is 0 Å². The van der Waals surface area contributed by atoms with Gasteiger partial charge in [0.1, 0.15) is 5.82 Å². The third-order valence-electron chi connectivity index (χ3n) is 5.53. The Balaban J connectivity index is 1.78. The van der Waals surface area contributed by atoms with E-state index in [4.69, 9.17) is 14.2 Å². The Morgan fingerprint density at radius 3 is 2.23 bits per heavy atom. The molecular weight excluding hydrogens is 470 g/mol. The van der Waals surface area contributed by atoms with Gasteiger partial charge in [-0.25, -0.2) is 13.1 Å². The van der Waals surface area contributed by atoms with Crippen LogP contribution in [0.4, 0.5) is 5.82 Å². The molecule has 1 aromatic heterocycles. The van der Waals surface area contributed by atoms with Gasteiger partial charge in [-0.05, 0) is 51.5 Å².